The number of aryl methyl sites for hydroxylation is 1. The third-order valence-electron chi connectivity index (χ3n) is 12.9. The zero-order valence-corrected chi connectivity index (χ0v) is 33.7. The molecule has 58 heavy (non-hydrogen) atoms. The van der Waals surface area contributed by atoms with Crippen molar-refractivity contribution in [2.75, 3.05) is 58.3 Å². The van der Waals surface area contributed by atoms with Gasteiger partial charge in [0.25, 0.3) is 0 Å². The molecule has 5 fully saturated rings. The van der Waals surface area contributed by atoms with Crippen LogP contribution in [0, 0.1) is 17.0 Å². The lowest BCUT2D eigenvalue weighted by Crippen LogP contribution is -2.63. The Balaban J connectivity index is 1.09. The van der Waals surface area contributed by atoms with Gasteiger partial charge in [-0.05, 0) is 93.8 Å². The van der Waals surface area contributed by atoms with Crippen molar-refractivity contribution in [3.63, 3.8) is 0 Å². The lowest BCUT2D eigenvalue weighted by molar-refractivity contribution is 0.00537. The highest BCUT2D eigenvalue weighted by atomic mass is 19.1. The molecule has 2 aromatic carbocycles. The number of fused-ring (bicyclic) bond motifs is 8. The second-order valence-corrected chi connectivity index (χ2v) is 17.9. The first-order valence-electron chi connectivity index (χ1n) is 20.6. The van der Waals surface area contributed by atoms with Gasteiger partial charge in [0.1, 0.15) is 46.2 Å². The van der Waals surface area contributed by atoms with Crippen LogP contribution >= 0.6 is 0 Å². The van der Waals surface area contributed by atoms with Crippen LogP contribution in [-0.4, -0.2) is 120 Å². The van der Waals surface area contributed by atoms with Crippen molar-refractivity contribution in [1.29, 1.82) is 0 Å². The van der Waals surface area contributed by atoms with Gasteiger partial charge in [-0.1, -0.05) is 13.0 Å². The van der Waals surface area contributed by atoms with Gasteiger partial charge in [0.05, 0.1) is 37.4 Å². The number of rotatable bonds is 10. The number of halogens is 2. The van der Waals surface area contributed by atoms with Gasteiger partial charge < -0.3 is 33.3 Å². The Hall–Kier alpha value is -4.60. The standard InChI is InChI=1S/C43H50F2N6O7/c1-6-28-30(44)9-7-23-13-26(57-22-53-5)15-29(33(23)28)36-35(45)37-34-38(48-40(47-37)56-21-43(11-12-43)20-49-17-27-14-25(49)18-54-27)50-16-24-8-10-31(32(50)19-55-39(34)46-36)51(24)41(52)58-42(2,3)4/h7,9,13,15,24-25,27,31-32H,6,8,10-12,14,16-22H2,1-5H3/t24-,25+,27+,31+,32-/m1/s1. The zero-order valence-electron chi connectivity index (χ0n) is 33.7. The summed E-state index contributed by atoms with van der Waals surface area (Å²) in [6.45, 7) is 11.0. The minimum atomic E-state index is -0.713. The second kappa shape index (κ2) is 14.0. The third-order valence-corrected chi connectivity index (χ3v) is 12.9. The Morgan fingerprint density at radius 2 is 1.84 bits per heavy atom. The predicted molar refractivity (Wildman–Crippen MR) is 210 cm³/mol. The molecule has 5 aliphatic heterocycles. The summed E-state index contributed by atoms with van der Waals surface area (Å²) in [5, 5.41) is 1.50. The number of pyridine rings is 1. The van der Waals surface area contributed by atoms with E-state index in [4.69, 9.17) is 43.4 Å². The van der Waals surface area contributed by atoms with Crippen LogP contribution in [0.3, 0.4) is 0 Å². The molecule has 5 atom stereocenters. The summed E-state index contributed by atoms with van der Waals surface area (Å²) < 4.78 is 69.0. The van der Waals surface area contributed by atoms with Crippen LogP contribution < -0.4 is 19.1 Å². The molecule has 6 aliphatic rings. The number of carbonyl (C=O) groups excluding carboxylic acids is 1. The Morgan fingerprint density at radius 3 is 2.57 bits per heavy atom. The summed E-state index contributed by atoms with van der Waals surface area (Å²) >= 11 is 0. The highest BCUT2D eigenvalue weighted by Gasteiger charge is 2.53. The highest BCUT2D eigenvalue weighted by molar-refractivity contribution is 6.03. The monoisotopic (exact) mass is 800 g/mol. The summed E-state index contributed by atoms with van der Waals surface area (Å²) in [4.78, 5) is 34.9. The Kier molecular flexibility index (Phi) is 9.10. The number of hydrogen-bond acceptors (Lipinski definition) is 12. The molecule has 10 rings (SSSR count). The largest absolute Gasteiger partial charge is 0.475 e. The van der Waals surface area contributed by atoms with E-state index in [0.717, 1.165) is 51.8 Å². The fourth-order valence-electron chi connectivity index (χ4n) is 9.98. The van der Waals surface area contributed by atoms with Crippen LogP contribution in [-0.2, 0) is 20.6 Å². The van der Waals surface area contributed by atoms with E-state index in [0.29, 0.717) is 70.6 Å². The summed E-state index contributed by atoms with van der Waals surface area (Å²) in [6.07, 6.45) is 4.93. The van der Waals surface area contributed by atoms with Crippen LogP contribution in [0.2, 0.25) is 0 Å². The fourth-order valence-corrected chi connectivity index (χ4v) is 9.98. The Morgan fingerprint density at radius 1 is 1.00 bits per heavy atom. The van der Waals surface area contributed by atoms with Gasteiger partial charge in [-0.25, -0.2) is 18.6 Å². The molecule has 4 saturated heterocycles. The van der Waals surface area contributed by atoms with E-state index >= 15 is 8.78 Å². The van der Waals surface area contributed by atoms with Gasteiger partial charge in [0.15, 0.2) is 12.6 Å². The predicted octanol–water partition coefficient (Wildman–Crippen LogP) is 6.65. The maximum Gasteiger partial charge on any atom is 0.410 e. The van der Waals surface area contributed by atoms with E-state index in [1.54, 1.807) is 18.2 Å². The molecule has 1 aliphatic carbocycles. The van der Waals surface area contributed by atoms with Gasteiger partial charge in [0.2, 0.25) is 5.88 Å². The van der Waals surface area contributed by atoms with Gasteiger partial charge in [0, 0.05) is 43.8 Å². The number of anilines is 1. The number of aromatic nitrogens is 3. The van der Waals surface area contributed by atoms with Crippen molar-refractivity contribution in [1.82, 2.24) is 24.8 Å². The molecule has 0 unspecified atom stereocenters. The summed E-state index contributed by atoms with van der Waals surface area (Å²) in [5.41, 5.74) is -0.0188. The molecule has 1 amide bonds. The summed E-state index contributed by atoms with van der Waals surface area (Å²) in [5.74, 6) is -0.102. The minimum Gasteiger partial charge on any atom is -0.475 e. The van der Waals surface area contributed by atoms with Crippen molar-refractivity contribution < 1.29 is 42.0 Å². The number of amides is 1. The number of nitrogens with zero attached hydrogens (tertiary/aromatic N) is 6. The minimum absolute atomic E-state index is 0.00719. The Bertz CT molecular complexity index is 2300. The fraction of sp³-hybridized carbons (Fsp3) is 0.581. The topological polar surface area (TPSA) is 121 Å². The summed E-state index contributed by atoms with van der Waals surface area (Å²) in [6, 6.07) is 6.27. The van der Waals surface area contributed by atoms with Crippen molar-refractivity contribution in [2.45, 2.75) is 102 Å². The van der Waals surface area contributed by atoms with E-state index in [9.17, 15) is 4.79 Å². The average molecular weight is 801 g/mol. The van der Waals surface area contributed by atoms with E-state index < -0.39 is 17.2 Å². The molecule has 15 heteroatoms. The van der Waals surface area contributed by atoms with Gasteiger partial charge >= 0.3 is 12.1 Å². The molecule has 308 valence electrons. The van der Waals surface area contributed by atoms with Crippen LogP contribution in [0.4, 0.5) is 19.4 Å². The lowest BCUT2D eigenvalue weighted by Gasteiger charge is -2.46. The summed E-state index contributed by atoms with van der Waals surface area (Å²) in [7, 11) is 1.52. The van der Waals surface area contributed by atoms with Gasteiger partial charge in [-0.2, -0.15) is 9.97 Å². The lowest BCUT2D eigenvalue weighted by atomic mass is 9.94. The third kappa shape index (κ3) is 6.44. The van der Waals surface area contributed by atoms with Crippen LogP contribution in [0.1, 0.15) is 65.4 Å². The molecular weight excluding hydrogens is 751 g/mol. The van der Waals surface area contributed by atoms with E-state index in [-0.39, 0.29) is 66.1 Å². The van der Waals surface area contributed by atoms with Gasteiger partial charge in [-0.3, -0.25) is 9.80 Å². The average Bonchev–Trinajstić information content (AvgIpc) is 3.49. The number of piperazine rings is 1. The molecule has 0 radical (unpaired) electrons. The molecule has 0 N–H and O–H groups in total. The smallest absolute Gasteiger partial charge is 0.410 e. The number of methoxy groups -OCH3 is 1. The molecule has 7 heterocycles. The Labute approximate surface area is 335 Å². The zero-order chi connectivity index (χ0) is 40.1. The van der Waals surface area contributed by atoms with E-state index in [1.807, 2.05) is 32.6 Å². The first-order valence-corrected chi connectivity index (χ1v) is 20.6. The van der Waals surface area contributed by atoms with Crippen molar-refractivity contribution in [3.8, 4) is 28.9 Å². The van der Waals surface area contributed by atoms with E-state index in [1.165, 1.54) is 13.2 Å². The molecule has 2 aromatic heterocycles. The number of morpholine rings is 1. The number of hydrogen-bond donors (Lipinski definition) is 0. The molecule has 1 saturated carbocycles. The number of ether oxygens (including phenoxy) is 6. The highest BCUT2D eigenvalue weighted by Crippen LogP contribution is 2.50. The van der Waals surface area contributed by atoms with Crippen LogP contribution in [0.5, 0.6) is 17.6 Å². The molecule has 0 spiro atoms. The molecule has 13 nitrogen and oxygen atoms in total. The van der Waals surface area contributed by atoms with Crippen LogP contribution in [0.15, 0.2) is 24.3 Å². The maximum absolute atomic E-state index is 17.7. The van der Waals surface area contributed by atoms with Crippen molar-refractivity contribution >= 4 is 33.6 Å². The van der Waals surface area contributed by atoms with Crippen LogP contribution in [0.25, 0.3) is 32.9 Å². The first kappa shape index (κ1) is 37.7. The number of benzene rings is 2. The molecular formula is C43H50F2N6O7. The van der Waals surface area contributed by atoms with Gasteiger partial charge in [-0.15, -0.1) is 0 Å². The number of likely N-dealkylation sites (tertiary alicyclic amines) is 1. The maximum atomic E-state index is 17.7. The van der Waals surface area contributed by atoms with Crippen molar-refractivity contribution in [3.05, 3.63) is 41.5 Å². The second-order valence-electron chi connectivity index (χ2n) is 17.9. The van der Waals surface area contributed by atoms with Crippen molar-refractivity contribution in [2.24, 2.45) is 5.41 Å². The SMILES string of the molecule is CCc1c(F)ccc2cc(OCOC)cc(-c3nc4c5c(nc(OCC6(CN7C[C@@H]8C[C@H]7CO8)CC6)nc5c3F)N3C[C@H]5CC[C@@H]([C@H]3CO4)N5C(=O)OC(C)(C)C)c12. The molecule has 4 bridgehead atoms. The normalized spacial score (nSPS) is 25.5. The first-order chi connectivity index (χ1) is 27.9. The quantitative estimate of drug-likeness (QED) is 0.160. The number of carbonyl (C=O) groups is 1. The van der Waals surface area contributed by atoms with E-state index in [2.05, 4.69) is 9.80 Å². The molecule has 4 aromatic rings.